The van der Waals surface area contributed by atoms with Gasteiger partial charge in [-0.1, -0.05) is 26.0 Å². The molecule has 1 rings (SSSR count). The van der Waals surface area contributed by atoms with Gasteiger partial charge in [0.25, 0.3) is 0 Å². The fourth-order valence-electron chi connectivity index (χ4n) is 1.38. The SMILES string of the molecule is CCNCc1cccc(OCCSCC)c1. The van der Waals surface area contributed by atoms with Crippen molar-refractivity contribution < 1.29 is 4.74 Å². The van der Waals surface area contributed by atoms with Crippen LogP contribution in [0.25, 0.3) is 0 Å². The molecule has 0 spiro atoms. The van der Waals surface area contributed by atoms with Gasteiger partial charge in [0.1, 0.15) is 5.75 Å². The maximum atomic E-state index is 5.68. The van der Waals surface area contributed by atoms with Crippen LogP contribution in [0, 0.1) is 0 Å². The summed E-state index contributed by atoms with van der Waals surface area (Å²) in [5, 5.41) is 3.31. The highest BCUT2D eigenvalue weighted by Gasteiger charge is 1.96. The van der Waals surface area contributed by atoms with Crippen LogP contribution in [-0.4, -0.2) is 24.7 Å². The van der Waals surface area contributed by atoms with E-state index in [2.05, 4.69) is 37.4 Å². The van der Waals surface area contributed by atoms with Gasteiger partial charge in [0, 0.05) is 12.3 Å². The van der Waals surface area contributed by atoms with Gasteiger partial charge in [0.15, 0.2) is 0 Å². The second-order valence-corrected chi connectivity index (χ2v) is 4.87. The molecule has 90 valence electrons. The first-order valence-corrected chi connectivity index (χ1v) is 7.02. The Morgan fingerprint density at radius 2 is 2.19 bits per heavy atom. The van der Waals surface area contributed by atoms with Gasteiger partial charge < -0.3 is 10.1 Å². The van der Waals surface area contributed by atoms with Crippen LogP contribution in [-0.2, 0) is 6.54 Å². The second-order valence-electron chi connectivity index (χ2n) is 3.47. The monoisotopic (exact) mass is 239 g/mol. The number of hydrogen-bond donors (Lipinski definition) is 1. The largest absolute Gasteiger partial charge is 0.493 e. The molecule has 0 aromatic heterocycles. The topological polar surface area (TPSA) is 21.3 Å². The standard InChI is InChI=1S/C13H21NOS/c1-3-14-11-12-6-5-7-13(10-12)15-8-9-16-4-2/h5-7,10,14H,3-4,8-9,11H2,1-2H3. The van der Waals surface area contributed by atoms with Crippen LogP contribution in [0.5, 0.6) is 5.75 Å². The summed E-state index contributed by atoms with van der Waals surface area (Å²) >= 11 is 1.91. The van der Waals surface area contributed by atoms with E-state index in [4.69, 9.17) is 4.74 Å². The Balaban J connectivity index is 2.35. The molecule has 0 aliphatic heterocycles. The molecule has 1 aromatic rings. The highest BCUT2D eigenvalue weighted by molar-refractivity contribution is 7.99. The van der Waals surface area contributed by atoms with Crippen molar-refractivity contribution in [3.8, 4) is 5.75 Å². The van der Waals surface area contributed by atoms with Crippen molar-refractivity contribution in [2.75, 3.05) is 24.7 Å². The molecule has 1 N–H and O–H groups in total. The summed E-state index contributed by atoms with van der Waals surface area (Å²) in [7, 11) is 0. The molecule has 0 saturated heterocycles. The molecule has 0 aliphatic rings. The van der Waals surface area contributed by atoms with Crippen molar-refractivity contribution in [1.82, 2.24) is 5.32 Å². The predicted molar refractivity (Wildman–Crippen MR) is 72.3 cm³/mol. The van der Waals surface area contributed by atoms with E-state index in [-0.39, 0.29) is 0 Å². The predicted octanol–water partition coefficient (Wildman–Crippen LogP) is 2.93. The number of ether oxygens (including phenoxy) is 1. The third kappa shape index (κ3) is 5.42. The second kappa shape index (κ2) is 8.48. The fourth-order valence-corrected chi connectivity index (χ4v) is 1.87. The fraction of sp³-hybridized carbons (Fsp3) is 0.538. The highest BCUT2D eigenvalue weighted by atomic mass is 32.2. The zero-order chi connectivity index (χ0) is 11.6. The van der Waals surface area contributed by atoms with E-state index < -0.39 is 0 Å². The van der Waals surface area contributed by atoms with Crippen molar-refractivity contribution in [2.24, 2.45) is 0 Å². The van der Waals surface area contributed by atoms with Crippen LogP contribution in [0.4, 0.5) is 0 Å². The molecular weight excluding hydrogens is 218 g/mol. The third-order valence-corrected chi connectivity index (χ3v) is 3.04. The molecule has 16 heavy (non-hydrogen) atoms. The summed E-state index contributed by atoms with van der Waals surface area (Å²) in [4.78, 5) is 0. The number of nitrogens with one attached hydrogen (secondary N) is 1. The Kier molecular flexibility index (Phi) is 7.10. The molecule has 3 heteroatoms. The van der Waals surface area contributed by atoms with Crippen molar-refractivity contribution >= 4 is 11.8 Å². The smallest absolute Gasteiger partial charge is 0.119 e. The van der Waals surface area contributed by atoms with Crippen LogP contribution in [0.15, 0.2) is 24.3 Å². The molecule has 0 amide bonds. The molecule has 0 fully saturated rings. The van der Waals surface area contributed by atoms with Crippen molar-refractivity contribution in [1.29, 1.82) is 0 Å². The van der Waals surface area contributed by atoms with E-state index in [1.54, 1.807) is 0 Å². The number of rotatable bonds is 8. The molecule has 2 nitrogen and oxygen atoms in total. The Labute approximate surface area is 103 Å². The Bertz CT molecular complexity index is 291. The zero-order valence-electron chi connectivity index (χ0n) is 10.2. The molecular formula is C13H21NOS. The molecule has 0 saturated carbocycles. The maximum absolute atomic E-state index is 5.68. The Hall–Kier alpha value is -0.670. The molecule has 0 heterocycles. The Morgan fingerprint density at radius 1 is 1.31 bits per heavy atom. The molecule has 0 aliphatic carbocycles. The summed E-state index contributed by atoms with van der Waals surface area (Å²) in [5.41, 5.74) is 1.28. The minimum absolute atomic E-state index is 0.795. The minimum atomic E-state index is 0.795. The third-order valence-electron chi connectivity index (χ3n) is 2.18. The molecule has 1 aromatic carbocycles. The van der Waals surface area contributed by atoms with E-state index in [0.29, 0.717) is 0 Å². The van der Waals surface area contributed by atoms with Gasteiger partial charge in [-0.25, -0.2) is 0 Å². The summed E-state index contributed by atoms with van der Waals surface area (Å²) in [6.45, 7) is 6.99. The lowest BCUT2D eigenvalue weighted by molar-refractivity contribution is 0.343. The van der Waals surface area contributed by atoms with Crippen molar-refractivity contribution in [2.45, 2.75) is 20.4 Å². The molecule has 0 bridgehead atoms. The Morgan fingerprint density at radius 3 is 2.94 bits per heavy atom. The summed E-state index contributed by atoms with van der Waals surface area (Å²) in [6, 6.07) is 8.30. The van der Waals surface area contributed by atoms with Gasteiger partial charge >= 0.3 is 0 Å². The normalized spacial score (nSPS) is 10.4. The first-order chi connectivity index (χ1) is 7.86. The number of thioether (sulfide) groups is 1. The van der Waals surface area contributed by atoms with E-state index in [1.807, 2.05) is 17.8 Å². The van der Waals surface area contributed by atoms with E-state index in [9.17, 15) is 0 Å². The van der Waals surface area contributed by atoms with Crippen molar-refractivity contribution in [3.05, 3.63) is 29.8 Å². The molecule has 0 radical (unpaired) electrons. The zero-order valence-corrected chi connectivity index (χ0v) is 11.0. The maximum Gasteiger partial charge on any atom is 0.119 e. The average molecular weight is 239 g/mol. The number of hydrogen-bond acceptors (Lipinski definition) is 3. The summed E-state index contributed by atoms with van der Waals surface area (Å²) in [5.74, 6) is 3.20. The lowest BCUT2D eigenvalue weighted by atomic mass is 10.2. The highest BCUT2D eigenvalue weighted by Crippen LogP contribution is 2.13. The first kappa shape index (κ1) is 13.4. The van der Waals surface area contributed by atoms with Gasteiger partial charge in [-0.3, -0.25) is 0 Å². The number of benzene rings is 1. The van der Waals surface area contributed by atoms with Crippen LogP contribution in [0.1, 0.15) is 19.4 Å². The van der Waals surface area contributed by atoms with Gasteiger partial charge in [-0.2, -0.15) is 11.8 Å². The van der Waals surface area contributed by atoms with Crippen LogP contribution in [0.3, 0.4) is 0 Å². The lowest BCUT2D eigenvalue weighted by Crippen LogP contribution is -2.11. The summed E-state index contributed by atoms with van der Waals surface area (Å²) in [6.07, 6.45) is 0. The summed E-state index contributed by atoms with van der Waals surface area (Å²) < 4.78 is 5.68. The van der Waals surface area contributed by atoms with Crippen LogP contribution >= 0.6 is 11.8 Å². The van der Waals surface area contributed by atoms with Gasteiger partial charge in [-0.15, -0.1) is 0 Å². The van der Waals surface area contributed by atoms with Crippen molar-refractivity contribution in [3.63, 3.8) is 0 Å². The van der Waals surface area contributed by atoms with Gasteiger partial charge in [-0.05, 0) is 30.0 Å². The molecule has 0 unspecified atom stereocenters. The van der Waals surface area contributed by atoms with E-state index in [0.717, 1.165) is 37.0 Å². The first-order valence-electron chi connectivity index (χ1n) is 5.87. The average Bonchev–Trinajstić information content (AvgIpc) is 2.33. The van der Waals surface area contributed by atoms with Crippen LogP contribution < -0.4 is 10.1 Å². The van der Waals surface area contributed by atoms with Gasteiger partial charge in [0.05, 0.1) is 6.61 Å². The molecule has 0 atom stereocenters. The van der Waals surface area contributed by atoms with E-state index in [1.165, 1.54) is 5.56 Å². The van der Waals surface area contributed by atoms with Crippen LogP contribution in [0.2, 0.25) is 0 Å². The minimum Gasteiger partial charge on any atom is -0.493 e. The quantitative estimate of drug-likeness (QED) is 0.705. The van der Waals surface area contributed by atoms with E-state index >= 15 is 0 Å². The lowest BCUT2D eigenvalue weighted by Gasteiger charge is -2.08. The van der Waals surface area contributed by atoms with Gasteiger partial charge in [0.2, 0.25) is 0 Å².